The second kappa shape index (κ2) is 8.41. The number of carbonyl (C=O) groups excluding carboxylic acids is 1. The molecular weight excluding hydrogens is 398 g/mol. The summed E-state index contributed by atoms with van der Waals surface area (Å²) >= 11 is 0. The predicted molar refractivity (Wildman–Crippen MR) is 113 cm³/mol. The van der Waals surface area contributed by atoms with Crippen molar-refractivity contribution in [1.29, 1.82) is 0 Å². The van der Waals surface area contributed by atoms with Gasteiger partial charge >= 0.3 is 0 Å². The molecule has 31 heavy (non-hydrogen) atoms. The van der Waals surface area contributed by atoms with E-state index in [2.05, 4.69) is 25.6 Å². The first kappa shape index (κ1) is 19.0. The number of nitrogens with zero attached hydrogens (tertiary/aromatic N) is 4. The second-order valence-electron chi connectivity index (χ2n) is 6.96. The van der Waals surface area contributed by atoms with Crippen LogP contribution >= 0.6 is 0 Å². The first-order valence-electron chi connectivity index (χ1n) is 9.85. The normalized spacial score (nSPS) is 13.9. The van der Waals surface area contributed by atoms with Crippen LogP contribution in [0.25, 0.3) is 22.8 Å². The van der Waals surface area contributed by atoms with Crippen LogP contribution in [0.4, 0.5) is 11.5 Å². The minimum Gasteiger partial charge on any atom is -0.461 e. The molecular formula is C22H19N5O4. The molecule has 1 fully saturated rings. The summed E-state index contributed by atoms with van der Waals surface area (Å²) in [7, 11) is 0. The minimum atomic E-state index is -0.382. The van der Waals surface area contributed by atoms with E-state index in [-0.39, 0.29) is 11.6 Å². The molecule has 0 spiro atoms. The van der Waals surface area contributed by atoms with Crippen LogP contribution in [-0.2, 0) is 4.74 Å². The summed E-state index contributed by atoms with van der Waals surface area (Å²) in [6.07, 6.45) is 1.53. The maximum absolute atomic E-state index is 12.6. The van der Waals surface area contributed by atoms with Crippen molar-refractivity contribution in [3.8, 4) is 22.8 Å². The topological polar surface area (TPSA) is 107 Å². The third-order valence-electron chi connectivity index (χ3n) is 4.91. The largest absolute Gasteiger partial charge is 0.461 e. The highest BCUT2D eigenvalue weighted by molar-refractivity contribution is 6.03. The van der Waals surface area contributed by atoms with Gasteiger partial charge in [-0.2, -0.15) is 0 Å². The molecule has 4 aromatic rings. The van der Waals surface area contributed by atoms with Crippen molar-refractivity contribution < 1.29 is 18.5 Å². The van der Waals surface area contributed by atoms with Crippen molar-refractivity contribution in [2.24, 2.45) is 0 Å². The van der Waals surface area contributed by atoms with Crippen LogP contribution in [0, 0.1) is 0 Å². The molecule has 0 aliphatic carbocycles. The molecule has 1 aromatic carbocycles. The zero-order valence-electron chi connectivity index (χ0n) is 16.5. The summed E-state index contributed by atoms with van der Waals surface area (Å²) in [5.74, 6) is 1.34. The van der Waals surface area contributed by atoms with Gasteiger partial charge in [-0.3, -0.25) is 4.79 Å². The fourth-order valence-electron chi connectivity index (χ4n) is 3.31. The van der Waals surface area contributed by atoms with Crippen molar-refractivity contribution in [2.45, 2.75) is 0 Å². The summed E-state index contributed by atoms with van der Waals surface area (Å²) in [4.78, 5) is 14.7. The summed E-state index contributed by atoms with van der Waals surface area (Å²) < 4.78 is 15.8. The summed E-state index contributed by atoms with van der Waals surface area (Å²) in [5, 5.41) is 15.3. The maximum Gasteiger partial charge on any atom is 0.277 e. The Kier molecular flexibility index (Phi) is 5.16. The molecule has 4 heterocycles. The number of morpholine rings is 1. The van der Waals surface area contributed by atoms with Crippen LogP contribution in [0.5, 0.6) is 0 Å². The first-order chi connectivity index (χ1) is 15.3. The molecule has 0 bridgehead atoms. The van der Waals surface area contributed by atoms with Gasteiger partial charge in [-0.25, -0.2) is 0 Å². The summed E-state index contributed by atoms with van der Waals surface area (Å²) in [5.41, 5.74) is 2.33. The van der Waals surface area contributed by atoms with Crippen LogP contribution in [0.1, 0.15) is 10.5 Å². The van der Waals surface area contributed by atoms with Crippen LogP contribution in [0.2, 0.25) is 0 Å². The SMILES string of the molecule is O=C(Nc1cccc(-c2ccc(N3CCOCC3)nn2)c1)c1cc(-c2ccco2)on1. The second-order valence-corrected chi connectivity index (χ2v) is 6.96. The number of anilines is 2. The lowest BCUT2D eigenvalue weighted by molar-refractivity contribution is 0.101. The van der Waals surface area contributed by atoms with Gasteiger partial charge in [0.25, 0.3) is 5.91 Å². The molecule has 1 amide bonds. The number of hydrogen-bond donors (Lipinski definition) is 1. The van der Waals surface area contributed by atoms with Crippen LogP contribution in [-0.4, -0.2) is 47.6 Å². The standard InChI is InChI=1S/C22H19N5O4/c28-22(18-14-20(31-26-18)19-5-2-10-30-19)23-16-4-1-3-15(13-16)17-6-7-21(25-24-17)27-8-11-29-12-9-27/h1-7,10,13-14H,8-9,11-12H2,(H,23,28). The molecule has 1 N–H and O–H groups in total. The van der Waals surface area contributed by atoms with Gasteiger partial charge in [-0.05, 0) is 36.4 Å². The average Bonchev–Trinajstić information content (AvgIpc) is 3.52. The zero-order chi connectivity index (χ0) is 21.0. The Bertz CT molecular complexity index is 1160. The van der Waals surface area contributed by atoms with E-state index in [0.717, 1.165) is 30.2 Å². The van der Waals surface area contributed by atoms with E-state index in [1.165, 1.54) is 12.3 Å². The van der Waals surface area contributed by atoms with Gasteiger partial charge in [-0.15, -0.1) is 10.2 Å². The van der Waals surface area contributed by atoms with Crippen molar-refractivity contribution in [3.63, 3.8) is 0 Å². The Balaban J connectivity index is 1.29. The van der Waals surface area contributed by atoms with E-state index in [1.807, 2.05) is 30.3 Å². The van der Waals surface area contributed by atoms with E-state index < -0.39 is 0 Å². The van der Waals surface area contributed by atoms with Crippen molar-refractivity contribution in [1.82, 2.24) is 15.4 Å². The fraction of sp³-hybridized carbons (Fsp3) is 0.182. The van der Waals surface area contributed by atoms with E-state index in [4.69, 9.17) is 13.7 Å². The highest BCUT2D eigenvalue weighted by Crippen LogP contribution is 2.24. The Morgan fingerprint density at radius 2 is 1.87 bits per heavy atom. The van der Waals surface area contributed by atoms with Gasteiger partial charge in [0, 0.05) is 30.4 Å². The van der Waals surface area contributed by atoms with Gasteiger partial charge in [0.05, 0.1) is 25.2 Å². The smallest absolute Gasteiger partial charge is 0.277 e. The quantitative estimate of drug-likeness (QED) is 0.526. The number of furan rings is 1. The number of rotatable bonds is 5. The number of nitrogens with one attached hydrogen (secondary N) is 1. The monoisotopic (exact) mass is 417 g/mol. The molecule has 0 radical (unpaired) electrons. The van der Waals surface area contributed by atoms with E-state index in [1.54, 1.807) is 18.2 Å². The van der Waals surface area contributed by atoms with Crippen molar-refractivity contribution in [2.75, 3.05) is 36.5 Å². The van der Waals surface area contributed by atoms with Crippen LogP contribution in [0.3, 0.4) is 0 Å². The molecule has 9 heteroatoms. The lowest BCUT2D eigenvalue weighted by atomic mass is 10.1. The molecule has 156 valence electrons. The van der Waals surface area contributed by atoms with E-state index in [9.17, 15) is 4.79 Å². The predicted octanol–water partition coefficient (Wildman–Crippen LogP) is 3.48. The van der Waals surface area contributed by atoms with Crippen molar-refractivity contribution >= 4 is 17.4 Å². The Hall–Kier alpha value is -3.98. The summed E-state index contributed by atoms with van der Waals surface area (Å²) in [6.45, 7) is 3.00. The molecule has 5 rings (SSSR count). The lowest BCUT2D eigenvalue weighted by Gasteiger charge is -2.27. The summed E-state index contributed by atoms with van der Waals surface area (Å²) in [6, 6.07) is 16.3. The van der Waals surface area contributed by atoms with E-state index >= 15 is 0 Å². The van der Waals surface area contributed by atoms with Gasteiger partial charge in [0.15, 0.2) is 17.3 Å². The lowest BCUT2D eigenvalue weighted by Crippen LogP contribution is -2.36. The van der Waals surface area contributed by atoms with Gasteiger partial charge in [0.1, 0.15) is 0 Å². The van der Waals surface area contributed by atoms with E-state index in [0.29, 0.717) is 30.4 Å². The van der Waals surface area contributed by atoms with Gasteiger partial charge in [0.2, 0.25) is 5.76 Å². The molecule has 1 saturated heterocycles. The third-order valence-corrected chi connectivity index (χ3v) is 4.91. The van der Waals surface area contributed by atoms with Gasteiger partial charge in [-0.1, -0.05) is 17.3 Å². The number of hydrogen-bond acceptors (Lipinski definition) is 8. The minimum absolute atomic E-state index is 0.159. The highest BCUT2D eigenvalue weighted by atomic mass is 16.5. The molecule has 1 aliphatic rings. The number of carbonyl (C=O) groups is 1. The first-order valence-corrected chi connectivity index (χ1v) is 9.85. The zero-order valence-corrected chi connectivity index (χ0v) is 16.5. The third kappa shape index (κ3) is 4.17. The average molecular weight is 417 g/mol. The molecule has 0 unspecified atom stereocenters. The number of amides is 1. The highest BCUT2D eigenvalue weighted by Gasteiger charge is 2.16. The molecule has 1 aliphatic heterocycles. The fourth-order valence-corrected chi connectivity index (χ4v) is 3.31. The van der Waals surface area contributed by atoms with Gasteiger partial charge < -0.3 is 23.9 Å². The van der Waals surface area contributed by atoms with Crippen molar-refractivity contribution in [3.05, 3.63) is 66.6 Å². The Morgan fingerprint density at radius 1 is 0.968 bits per heavy atom. The number of ether oxygens (including phenoxy) is 1. The molecule has 0 atom stereocenters. The molecule has 9 nitrogen and oxygen atoms in total. The Labute approximate surface area is 177 Å². The molecule has 0 saturated carbocycles. The number of aromatic nitrogens is 3. The number of benzene rings is 1. The van der Waals surface area contributed by atoms with Crippen LogP contribution < -0.4 is 10.2 Å². The molecule has 3 aromatic heterocycles. The van der Waals surface area contributed by atoms with Crippen LogP contribution in [0.15, 0.2) is 69.8 Å². The Morgan fingerprint density at radius 3 is 2.65 bits per heavy atom. The maximum atomic E-state index is 12.6.